The molecule has 0 saturated carbocycles. The van der Waals surface area contributed by atoms with E-state index < -0.39 is 0 Å². The van der Waals surface area contributed by atoms with Crippen molar-refractivity contribution < 1.29 is 4.74 Å². The Labute approximate surface area is 61.4 Å². The second-order valence-corrected chi connectivity index (χ2v) is 2.35. The lowest BCUT2D eigenvalue weighted by atomic mass is 10.1. The van der Waals surface area contributed by atoms with Gasteiger partial charge in [-0.3, -0.25) is 0 Å². The predicted molar refractivity (Wildman–Crippen MR) is 41.7 cm³/mol. The van der Waals surface area contributed by atoms with Crippen LogP contribution in [0.5, 0.6) is 0 Å². The molecule has 0 heterocycles. The first-order valence-corrected chi connectivity index (χ1v) is 3.47. The van der Waals surface area contributed by atoms with Gasteiger partial charge in [-0.25, -0.2) is 0 Å². The average molecular weight is 139 g/mol. The maximum absolute atomic E-state index is 5.43. The Kier molecular flexibility index (Phi) is 2.66. The minimum absolute atomic E-state index is 0.260. The van der Waals surface area contributed by atoms with Gasteiger partial charge in [-0.1, -0.05) is 18.2 Å². The van der Waals surface area contributed by atoms with E-state index in [-0.39, 0.29) is 6.10 Å². The molecule has 2 heteroatoms. The fraction of sp³-hybridized carbons (Fsp3) is 0.500. The van der Waals surface area contributed by atoms with Crippen molar-refractivity contribution in [2.75, 3.05) is 13.7 Å². The lowest BCUT2D eigenvalue weighted by molar-refractivity contribution is 0.142. The van der Waals surface area contributed by atoms with Crippen molar-refractivity contribution in [2.45, 2.75) is 12.5 Å². The van der Waals surface area contributed by atoms with E-state index in [4.69, 9.17) is 10.5 Å². The first-order valence-electron chi connectivity index (χ1n) is 3.47. The molecule has 1 atom stereocenters. The number of hydrogen-bond donors (Lipinski definition) is 1. The Morgan fingerprint density at radius 3 is 3.00 bits per heavy atom. The van der Waals surface area contributed by atoms with Gasteiger partial charge in [0.05, 0.1) is 6.10 Å². The van der Waals surface area contributed by atoms with E-state index in [0.29, 0.717) is 6.54 Å². The highest BCUT2D eigenvalue weighted by Gasteiger charge is 2.04. The van der Waals surface area contributed by atoms with E-state index >= 15 is 0 Å². The summed E-state index contributed by atoms with van der Waals surface area (Å²) in [6.45, 7) is 0.632. The van der Waals surface area contributed by atoms with E-state index in [1.54, 1.807) is 7.11 Å². The molecule has 1 rings (SSSR count). The summed E-state index contributed by atoms with van der Waals surface area (Å²) in [6, 6.07) is 0. The van der Waals surface area contributed by atoms with Crippen molar-refractivity contribution in [2.24, 2.45) is 5.73 Å². The SMILES string of the molecule is COC1C=CC(CN)=CC1. The van der Waals surface area contributed by atoms with Gasteiger partial charge in [-0.15, -0.1) is 0 Å². The zero-order valence-electron chi connectivity index (χ0n) is 6.21. The molecule has 0 spiro atoms. The minimum atomic E-state index is 0.260. The molecule has 0 amide bonds. The molecule has 0 bridgehead atoms. The summed E-state index contributed by atoms with van der Waals surface area (Å²) in [5.74, 6) is 0. The van der Waals surface area contributed by atoms with Crippen molar-refractivity contribution in [3.05, 3.63) is 23.8 Å². The summed E-state index contributed by atoms with van der Waals surface area (Å²) in [7, 11) is 1.72. The topological polar surface area (TPSA) is 35.2 Å². The third-order valence-electron chi connectivity index (χ3n) is 1.68. The molecule has 0 aliphatic heterocycles. The maximum atomic E-state index is 5.43. The fourth-order valence-electron chi connectivity index (χ4n) is 0.971. The number of ether oxygens (including phenoxy) is 1. The summed E-state index contributed by atoms with van der Waals surface area (Å²) in [5.41, 5.74) is 6.63. The Hall–Kier alpha value is -0.600. The molecule has 10 heavy (non-hydrogen) atoms. The smallest absolute Gasteiger partial charge is 0.0789 e. The second-order valence-electron chi connectivity index (χ2n) is 2.35. The number of nitrogens with two attached hydrogens (primary N) is 1. The molecule has 0 aromatic rings. The molecule has 0 saturated heterocycles. The van der Waals surface area contributed by atoms with Gasteiger partial charge in [0, 0.05) is 13.7 Å². The third kappa shape index (κ3) is 1.69. The molecule has 0 radical (unpaired) electrons. The summed E-state index contributed by atoms with van der Waals surface area (Å²) in [4.78, 5) is 0. The van der Waals surface area contributed by atoms with Crippen LogP contribution in [0, 0.1) is 0 Å². The Balaban J connectivity index is 2.46. The van der Waals surface area contributed by atoms with Crippen LogP contribution in [-0.4, -0.2) is 19.8 Å². The van der Waals surface area contributed by atoms with Crippen LogP contribution in [0.4, 0.5) is 0 Å². The summed E-state index contributed by atoms with van der Waals surface area (Å²) in [6.07, 6.45) is 7.41. The van der Waals surface area contributed by atoms with Gasteiger partial charge in [-0.2, -0.15) is 0 Å². The maximum Gasteiger partial charge on any atom is 0.0789 e. The zero-order chi connectivity index (χ0) is 7.40. The van der Waals surface area contributed by atoms with E-state index in [1.165, 1.54) is 5.57 Å². The van der Waals surface area contributed by atoms with E-state index in [9.17, 15) is 0 Å². The molecular formula is C8H13NO. The largest absolute Gasteiger partial charge is 0.377 e. The second kappa shape index (κ2) is 3.54. The quantitative estimate of drug-likeness (QED) is 0.615. The standard InChI is InChI=1S/C8H13NO/c1-10-8-4-2-7(6-9)3-5-8/h2-4,8H,5-6,9H2,1H3. The van der Waals surface area contributed by atoms with Crippen LogP contribution in [0.25, 0.3) is 0 Å². The minimum Gasteiger partial charge on any atom is -0.377 e. The van der Waals surface area contributed by atoms with Gasteiger partial charge in [-0.05, 0) is 12.0 Å². The van der Waals surface area contributed by atoms with E-state index in [2.05, 4.69) is 6.08 Å². The van der Waals surface area contributed by atoms with Gasteiger partial charge in [0.1, 0.15) is 0 Å². The van der Waals surface area contributed by atoms with Crippen molar-refractivity contribution in [1.29, 1.82) is 0 Å². The molecule has 0 fully saturated rings. The normalized spacial score (nSPS) is 24.6. The first kappa shape index (κ1) is 7.51. The lowest BCUT2D eigenvalue weighted by Crippen LogP contribution is -2.11. The molecule has 1 aliphatic rings. The predicted octanol–water partition coefficient (Wildman–Crippen LogP) is 0.846. The fourth-order valence-corrected chi connectivity index (χ4v) is 0.971. The van der Waals surface area contributed by atoms with Crippen molar-refractivity contribution in [1.82, 2.24) is 0 Å². The van der Waals surface area contributed by atoms with Crippen molar-refractivity contribution in [3.63, 3.8) is 0 Å². The van der Waals surface area contributed by atoms with Gasteiger partial charge in [0.2, 0.25) is 0 Å². The highest BCUT2D eigenvalue weighted by atomic mass is 16.5. The molecular weight excluding hydrogens is 126 g/mol. The number of hydrogen-bond acceptors (Lipinski definition) is 2. The van der Waals surface area contributed by atoms with Gasteiger partial charge in [0.25, 0.3) is 0 Å². The molecule has 2 nitrogen and oxygen atoms in total. The third-order valence-corrected chi connectivity index (χ3v) is 1.68. The number of methoxy groups -OCH3 is 1. The van der Waals surface area contributed by atoms with E-state index in [0.717, 1.165) is 6.42 Å². The average Bonchev–Trinajstić information content (AvgIpc) is 2.05. The molecule has 1 aliphatic carbocycles. The summed E-state index contributed by atoms with van der Waals surface area (Å²) in [5, 5.41) is 0. The first-order chi connectivity index (χ1) is 4.86. The van der Waals surface area contributed by atoms with E-state index in [1.807, 2.05) is 12.2 Å². The Morgan fingerprint density at radius 1 is 1.80 bits per heavy atom. The van der Waals surface area contributed by atoms with Crippen LogP contribution >= 0.6 is 0 Å². The molecule has 0 aromatic heterocycles. The highest BCUT2D eigenvalue weighted by Crippen LogP contribution is 2.10. The van der Waals surface area contributed by atoms with Crippen molar-refractivity contribution >= 4 is 0 Å². The zero-order valence-corrected chi connectivity index (χ0v) is 6.21. The molecule has 2 N–H and O–H groups in total. The van der Waals surface area contributed by atoms with Crippen molar-refractivity contribution in [3.8, 4) is 0 Å². The lowest BCUT2D eigenvalue weighted by Gasteiger charge is -2.12. The van der Waals surface area contributed by atoms with Gasteiger partial charge >= 0.3 is 0 Å². The Morgan fingerprint density at radius 2 is 2.60 bits per heavy atom. The van der Waals surface area contributed by atoms with Crippen LogP contribution in [0.3, 0.4) is 0 Å². The number of rotatable bonds is 2. The van der Waals surface area contributed by atoms with Crippen LogP contribution < -0.4 is 5.73 Å². The van der Waals surface area contributed by atoms with Gasteiger partial charge < -0.3 is 10.5 Å². The highest BCUT2D eigenvalue weighted by molar-refractivity contribution is 5.25. The molecule has 56 valence electrons. The van der Waals surface area contributed by atoms with Crippen LogP contribution in [0.2, 0.25) is 0 Å². The summed E-state index contributed by atoms with van der Waals surface area (Å²) >= 11 is 0. The van der Waals surface area contributed by atoms with Crippen LogP contribution in [-0.2, 0) is 4.74 Å². The van der Waals surface area contributed by atoms with Gasteiger partial charge in [0.15, 0.2) is 0 Å². The van der Waals surface area contributed by atoms with Crippen LogP contribution in [0.15, 0.2) is 23.8 Å². The van der Waals surface area contributed by atoms with Crippen LogP contribution in [0.1, 0.15) is 6.42 Å². The Bertz CT molecular complexity index is 161. The summed E-state index contributed by atoms with van der Waals surface area (Å²) < 4.78 is 5.11. The monoisotopic (exact) mass is 139 g/mol. The molecule has 1 unspecified atom stereocenters. The molecule has 0 aromatic carbocycles.